The van der Waals surface area contributed by atoms with Gasteiger partial charge >= 0.3 is 5.97 Å². The molecule has 0 aliphatic heterocycles. The molecule has 2 aromatic rings. The fourth-order valence-electron chi connectivity index (χ4n) is 1.15. The Morgan fingerprint density at radius 1 is 1.44 bits per heavy atom. The van der Waals surface area contributed by atoms with Gasteiger partial charge in [-0.1, -0.05) is 22.9 Å². The summed E-state index contributed by atoms with van der Waals surface area (Å²) in [4.78, 5) is 14.6. The van der Waals surface area contributed by atoms with Crippen LogP contribution in [0.3, 0.4) is 0 Å². The summed E-state index contributed by atoms with van der Waals surface area (Å²) < 4.78 is 0. The number of azo groups is 1. The number of benzene rings is 1. The Morgan fingerprint density at radius 2 is 2.22 bits per heavy atom. The van der Waals surface area contributed by atoms with Crippen molar-refractivity contribution in [3.63, 3.8) is 0 Å². The van der Waals surface area contributed by atoms with Gasteiger partial charge in [-0.3, -0.25) is 0 Å². The molecule has 0 atom stereocenters. The summed E-state index contributed by atoms with van der Waals surface area (Å²) in [5.41, 5.74) is 5.82. The van der Waals surface area contributed by atoms with E-state index in [0.29, 0.717) is 15.2 Å². The van der Waals surface area contributed by atoms with Crippen LogP contribution in [0.2, 0.25) is 5.02 Å². The van der Waals surface area contributed by atoms with Gasteiger partial charge < -0.3 is 10.8 Å². The number of halogens is 1. The van der Waals surface area contributed by atoms with Crippen molar-refractivity contribution in [2.24, 2.45) is 10.2 Å². The van der Waals surface area contributed by atoms with Gasteiger partial charge in [0.1, 0.15) is 5.69 Å². The van der Waals surface area contributed by atoms with E-state index >= 15 is 0 Å². The minimum atomic E-state index is -1.05. The lowest BCUT2D eigenvalue weighted by atomic mass is 10.2. The summed E-state index contributed by atoms with van der Waals surface area (Å²) in [5.74, 6) is -1.05. The molecule has 0 spiro atoms. The SMILES string of the molecule is Nc1ncc(N=Nc2cc(C(=O)O)ccc2Cl)s1. The first kappa shape index (κ1) is 12.5. The molecule has 0 radical (unpaired) electrons. The van der Waals surface area contributed by atoms with E-state index < -0.39 is 5.97 Å². The Hall–Kier alpha value is -1.99. The molecule has 92 valence electrons. The van der Waals surface area contributed by atoms with Crippen molar-refractivity contribution in [2.75, 3.05) is 5.73 Å². The van der Waals surface area contributed by atoms with Crippen LogP contribution in [0.1, 0.15) is 10.4 Å². The average molecular weight is 283 g/mol. The van der Waals surface area contributed by atoms with Crippen LogP contribution in [0.15, 0.2) is 34.6 Å². The predicted octanol–water partition coefficient (Wildman–Crippen LogP) is 3.49. The number of nitrogens with zero attached hydrogens (tertiary/aromatic N) is 3. The quantitative estimate of drug-likeness (QED) is 0.841. The Labute approximate surface area is 111 Å². The number of aromatic carboxylic acids is 1. The molecular formula is C10H7ClN4O2S. The summed E-state index contributed by atoms with van der Waals surface area (Å²) in [5, 5.41) is 17.8. The molecule has 0 bridgehead atoms. The fourth-order valence-corrected chi connectivity index (χ4v) is 1.81. The first-order valence-electron chi connectivity index (χ1n) is 4.72. The molecule has 0 saturated heterocycles. The fraction of sp³-hybridized carbons (Fsp3) is 0. The van der Waals surface area contributed by atoms with Crippen LogP contribution >= 0.6 is 22.9 Å². The predicted molar refractivity (Wildman–Crippen MR) is 69.1 cm³/mol. The van der Waals surface area contributed by atoms with E-state index in [9.17, 15) is 4.79 Å². The zero-order valence-corrected chi connectivity index (χ0v) is 10.4. The van der Waals surface area contributed by atoms with Crippen LogP contribution in [0.4, 0.5) is 15.8 Å². The molecule has 0 aliphatic carbocycles. The van der Waals surface area contributed by atoms with Crippen molar-refractivity contribution in [1.29, 1.82) is 0 Å². The van der Waals surface area contributed by atoms with Crippen molar-refractivity contribution in [3.05, 3.63) is 35.0 Å². The molecule has 0 saturated carbocycles. The first-order chi connectivity index (χ1) is 8.56. The maximum absolute atomic E-state index is 10.8. The summed E-state index contributed by atoms with van der Waals surface area (Å²) in [6.45, 7) is 0. The van der Waals surface area contributed by atoms with Crippen molar-refractivity contribution in [2.45, 2.75) is 0 Å². The molecule has 3 N–H and O–H groups in total. The molecule has 0 amide bonds. The number of aromatic nitrogens is 1. The molecule has 8 heteroatoms. The maximum atomic E-state index is 10.8. The second kappa shape index (κ2) is 5.11. The number of carboxylic acid groups (broad SMARTS) is 1. The number of carboxylic acids is 1. The van der Waals surface area contributed by atoms with Gasteiger partial charge in [0.25, 0.3) is 0 Å². The average Bonchev–Trinajstić information content (AvgIpc) is 2.74. The highest BCUT2D eigenvalue weighted by molar-refractivity contribution is 7.18. The van der Waals surface area contributed by atoms with Gasteiger partial charge in [0.05, 0.1) is 16.8 Å². The standard InChI is InChI=1S/C10H7ClN4O2S/c11-6-2-1-5(9(16)17)3-7(6)14-15-8-4-13-10(12)18-8/h1-4H,(H2,12,13)(H,16,17). The monoisotopic (exact) mass is 282 g/mol. The maximum Gasteiger partial charge on any atom is 0.335 e. The number of rotatable bonds is 3. The minimum Gasteiger partial charge on any atom is -0.478 e. The van der Waals surface area contributed by atoms with Crippen molar-refractivity contribution in [3.8, 4) is 0 Å². The van der Waals surface area contributed by atoms with E-state index in [4.69, 9.17) is 22.4 Å². The zero-order valence-electron chi connectivity index (χ0n) is 8.87. The van der Waals surface area contributed by atoms with Crippen LogP contribution in [0.25, 0.3) is 0 Å². The number of anilines is 1. The molecular weight excluding hydrogens is 276 g/mol. The number of hydrogen-bond acceptors (Lipinski definition) is 6. The molecule has 6 nitrogen and oxygen atoms in total. The molecule has 1 aromatic carbocycles. The third-order valence-corrected chi connectivity index (χ3v) is 2.99. The Balaban J connectivity index is 2.30. The molecule has 1 heterocycles. The summed E-state index contributed by atoms with van der Waals surface area (Å²) in [7, 11) is 0. The van der Waals surface area contributed by atoms with Crippen LogP contribution in [0, 0.1) is 0 Å². The molecule has 0 fully saturated rings. The highest BCUT2D eigenvalue weighted by Crippen LogP contribution is 2.30. The van der Waals surface area contributed by atoms with Crippen LogP contribution in [-0.2, 0) is 0 Å². The van der Waals surface area contributed by atoms with Gasteiger partial charge in [-0.25, -0.2) is 9.78 Å². The van der Waals surface area contributed by atoms with E-state index in [-0.39, 0.29) is 11.3 Å². The Morgan fingerprint density at radius 3 is 2.83 bits per heavy atom. The Kier molecular flexibility index (Phi) is 3.54. The summed E-state index contributed by atoms with van der Waals surface area (Å²) >= 11 is 7.06. The van der Waals surface area contributed by atoms with Crippen molar-refractivity contribution >= 4 is 44.7 Å². The zero-order chi connectivity index (χ0) is 13.1. The number of thiazole rings is 1. The first-order valence-corrected chi connectivity index (χ1v) is 5.91. The van der Waals surface area contributed by atoms with Gasteiger partial charge in [-0.2, -0.15) is 0 Å². The minimum absolute atomic E-state index is 0.0946. The van der Waals surface area contributed by atoms with Gasteiger partial charge in [0.2, 0.25) is 0 Å². The third kappa shape index (κ3) is 2.82. The van der Waals surface area contributed by atoms with Crippen LogP contribution in [-0.4, -0.2) is 16.1 Å². The largest absolute Gasteiger partial charge is 0.478 e. The number of nitrogen functional groups attached to an aromatic ring is 1. The van der Waals surface area contributed by atoms with E-state index in [2.05, 4.69) is 15.2 Å². The van der Waals surface area contributed by atoms with Crippen molar-refractivity contribution in [1.82, 2.24) is 4.98 Å². The molecule has 0 unspecified atom stereocenters. The number of hydrogen-bond donors (Lipinski definition) is 2. The Bertz CT molecular complexity index is 626. The normalized spacial score (nSPS) is 10.9. The highest BCUT2D eigenvalue weighted by atomic mass is 35.5. The summed E-state index contributed by atoms with van der Waals surface area (Å²) in [6, 6.07) is 4.20. The molecule has 18 heavy (non-hydrogen) atoms. The van der Waals surface area contributed by atoms with Gasteiger partial charge in [0, 0.05) is 0 Å². The van der Waals surface area contributed by atoms with E-state index in [1.165, 1.54) is 35.7 Å². The van der Waals surface area contributed by atoms with E-state index in [1.807, 2.05) is 0 Å². The summed E-state index contributed by atoms with van der Waals surface area (Å²) in [6.07, 6.45) is 1.47. The highest BCUT2D eigenvalue weighted by Gasteiger charge is 2.07. The third-order valence-electron chi connectivity index (χ3n) is 1.96. The number of nitrogens with two attached hydrogens (primary N) is 1. The van der Waals surface area contributed by atoms with E-state index in [0.717, 1.165) is 0 Å². The second-order valence-corrected chi connectivity index (χ2v) is 4.66. The van der Waals surface area contributed by atoms with Crippen molar-refractivity contribution < 1.29 is 9.90 Å². The molecule has 0 aliphatic rings. The topological polar surface area (TPSA) is 101 Å². The van der Waals surface area contributed by atoms with Gasteiger partial charge in [0.15, 0.2) is 10.1 Å². The lowest BCUT2D eigenvalue weighted by Gasteiger charge is -1.98. The second-order valence-electron chi connectivity index (χ2n) is 3.21. The molecule has 1 aromatic heterocycles. The smallest absolute Gasteiger partial charge is 0.335 e. The van der Waals surface area contributed by atoms with E-state index in [1.54, 1.807) is 0 Å². The van der Waals surface area contributed by atoms with Gasteiger partial charge in [-0.05, 0) is 18.2 Å². The number of carbonyl (C=O) groups is 1. The lowest BCUT2D eigenvalue weighted by molar-refractivity contribution is 0.0697. The van der Waals surface area contributed by atoms with Crippen LogP contribution < -0.4 is 5.73 Å². The molecule has 2 rings (SSSR count). The van der Waals surface area contributed by atoms with Gasteiger partial charge in [-0.15, -0.1) is 10.2 Å². The van der Waals surface area contributed by atoms with Crippen LogP contribution in [0.5, 0.6) is 0 Å². The lowest BCUT2D eigenvalue weighted by Crippen LogP contribution is -1.94.